The molecule has 1 aromatic carbocycles. The average molecular weight is 265 g/mol. The summed E-state index contributed by atoms with van der Waals surface area (Å²) in [5.74, 6) is -1.97. The summed E-state index contributed by atoms with van der Waals surface area (Å²) < 4.78 is 0. The highest BCUT2D eigenvalue weighted by atomic mass is 16.3. The third-order valence-corrected chi connectivity index (χ3v) is 3.64. The van der Waals surface area contributed by atoms with Crippen LogP contribution < -0.4 is 5.32 Å². The van der Waals surface area contributed by atoms with Crippen LogP contribution in [0, 0.1) is 5.41 Å². The summed E-state index contributed by atoms with van der Waals surface area (Å²) in [5.41, 5.74) is 0.370. The second kappa shape index (κ2) is 4.64. The van der Waals surface area contributed by atoms with Crippen molar-refractivity contribution in [1.29, 1.82) is 0 Å². The van der Waals surface area contributed by atoms with Crippen LogP contribution in [0.1, 0.15) is 43.5 Å². The molecule has 1 unspecified atom stereocenters. The highest BCUT2D eigenvalue weighted by Crippen LogP contribution is 2.38. The van der Waals surface area contributed by atoms with Gasteiger partial charge in [0.15, 0.2) is 17.2 Å². The van der Waals surface area contributed by atoms with Gasteiger partial charge < -0.3 is 20.6 Å². The number of phenolic OH excluding ortho intramolecular Hbond substituents is 3. The average Bonchev–Trinajstić information content (AvgIpc) is 2.64. The molecule has 0 radical (unpaired) electrons. The Morgan fingerprint density at radius 2 is 1.84 bits per heavy atom. The molecule has 19 heavy (non-hydrogen) atoms. The number of carbonyl (C=O) groups excluding carboxylic acids is 1. The molecule has 5 heteroatoms. The van der Waals surface area contributed by atoms with Crippen molar-refractivity contribution >= 4 is 5.91 Å². The van der Waals surface area contributed by atoms with Gasteiger partial charge in [0.25, 0.3) is 5.91 Å². The lowest BCUT2D eigenvalue weighted by molar-refractivity contribution is 0.0935. The summed E-state index contributed by atoms with van der Waals surface area (Å²) in [6.45, 7) is 4.33. The first-order valence-corrected chi connectivity index (χ1v) is 6.34. The maximum Gasteiger partial charge on any atom is 0.251 e. The second-order valence-electron chi connectivity index (χ2n) is 5.94. The minimum atomic E-state index is -0.612. The van der Waals surface area contributed by atoms with Crippen molar-refractivity contribution in [3.8, 4) is 17.2 Å². The Bertz CT molecular complexity index is 487. The van der Waals surface area contributed by atoms with Crippen LogP contribution in [0.2, 0.25) is 0 Å². The molecule has 0 bridgehead atoms. The Kier molecular flexibility index (Phi) is 3.30. The quantitative estimate of drug-likeness (QED) is 0.616. The first-order valence-electron chi connectivity index (χ1n) is 6.34. The highest BCUT2D eigenvalue weighted by Gasteiger charge is 2.31. The van der Waals surface area contributed by atoms with Crippen molar-refractivity contribution in [2.45, 2.75) is 39.2 Å². The normalized spacial score (nSPS) is 21.3. The summed E-state index contributed by atoms with van der Waals surface area (Å²) in [6, 6.07) is 2.40. The molecule has 1 aliphatic rings. The summed E-state index contributed by atoms with van der Waals surface area (Å²) in [5, 5.41) is 30.9. The molecule has 1 fully saturated rings. The number of phenols is 3. The molecule has 1 aliphatic carbocycles. The van der Waals surface area contributed by atoms with E-state index >= 15 is 0 Å². The van der Waals surface area contributed by atoms with Crippen LogP contribution in [-0.4, -0.2) is 27.3 Å². The Balaban J connectivity index is 2.09. The summed E-state index contributed by atoms with van der Waals surface area (Å²) >= 11 is 0. The zero-order chi connectivity index (χ0) is 14.2. The minimum absolute atomic E-state index is 0.112. The maximum atomic E-state index is 12.0. The molecule has 0 aliphatic heterocycles. The van der Waals surface area contributed by atoms with Gasteiger partial charge >= 0.3 is 0 Å². The van der Waals surface area contributed by atoms with E-state index < -0.39 is 17.2 Å². The SMILES string of the molecule is CC1(C)CCC(NC(=O)c2cc(O)c(O)c(O)c2)C1. The van der Waals surface area contributed by atoms with Crippen LogP contribution in [-0.2, 0) is 0 Å². The van der Waals surface area contributed by atoms with Gasteiger partial charge in [-0.05, 0) is 36.8 Å². The largest absolute Gasteiger partial charge is 0.504 e. The highest BCUT2D eigenvalue weighted by molar-refractivity contribution is 5.95. The van der Waals surface area contributed by atoms with E-state index in [1.165, 1.54) is 0 Å². The van der Waals surface area contributed by atoms with Gasteiger partial charge in [0.05, 0.1) is 0 Å². The first-order chi connectivity index (χ1) is 8.78. The van der Waals surface area contributed by atoms with E-state index in [9.17, 15) is 20.1 Å². The van der Waals surface area contributed by atoms with Gasteiger partial charge in [-0.25, -0.2) is 0 Å². The van der Waals surface area contributed by atoms with Crippen molar-refractivity contribution < 1.29 is 20.1 Å². The van der Waals surface area contributed by atoms with E-state index in [2.05, 4.69) is 19.2 Å². The fourth-order valence-electron chi connectivity index (χ4n) is 2.56. The summed E-state index contributed by atoms with van der Waals surface area (Å²) in [6.07, 6.45) is 2.90. The lowest BCUT2D eigenvalue weighted by Crippen LogP contribution is -2.33. The van der Waals surface area contributed by atoms with E-state index in [0.717, 1.165) is 31.4 Å². The number of amides is 1. The van der Waals surface area contributed by atoms with Crippen LogP contribution in [0.4, 0.5) is 0 Å². The standard InChI is InChI=1S/C14H19NO4/c1-14(2)4-3-9(7-14)15-13(19)8-5-10(16)12(18)11(17)6-8/h5-6,9,16-18H,3-4,7H2,1-2H3,(H,15,19). The molecule has 1 aromatic rings. The second-order valence-corrected chi connectivity index (χ2v) is 5.94. The van der Waals surface area contributed by atoms with Gasteiger partial charge in [-0.2, -0.15) is 0 Å². The summed E-state index contributed by atoms with van der Waals surface area (Å²) in [4.78, 5) is 12.0. The van der Waals surface area contributed by atoms with Crippen LogP contribution in [0.15, 0.2) is 12.1 Å². The van der Waals surface area contributed by atoms with E-state index in [4.69, 9.17) is 0 Å². The predicted molar refractivity (Wildman–Crippen MR) is 70.3 cm³/mol. The molecule has 0 saturated heterocycles. The number of benzene rings is 1. The van der Waals surface area contributed by atoms with E-state index in [1.54, 1.807) is 0 Å². The molecule has 104 valence electrons. The number of aromatic hydroxyl groups is 3. The first kappa shape index (κ1) is 13.5. The molecule has 2 rings (SSSR count). The lowest BCUT2D eigenvalue weighted by Gasteiger charge is -2.18. The molecule has 1 saturated carbocycles. The van der Waals surface area contributed by atoms with Gasteiger partial charge in [0.2, 0.25) is 0 Å². The molecule has 5 nitrogen and oxygen atoms in total. The van der Waals surface area contributed by atoms with E-state index in [1.807, 2.05) is 0 Å². The van der Waals surface area contributed by atoms with Crippen LogP contribution in [0.3, 0.4) is 0 Å². The van der Waals surface area contributed by atoms with Crippen molar-refractivity contribution in [2.75, 3.05) is 0 Å². The Morgan fingerprint density at radius 1 is 1.26 bits per heavy atom. The molecule has 1 atom stereocenters. The van der Waals surface area contributed by atoms with Gasteiger partial charge in [-0.15, -0.1) is 0 Å². The number of hydrogen-bond acceptors (Lipinski definition) is 4. The molecule has 4 N–H and O–H groups in total. The Hall–Kier alpha value is -1.91. The van der Waals surface area contributed by atoms with Gasteiger partial charge in [-0.3, -0.25) is 4.79 Å². The zero-order valence-corrected chi connectivity index (χ0v) is 11.1. The molecule has 0 aromatic heterocycles. The Morgan fingerprint density at radius 3 is 2.32 bits per heavy atom. The number of carbonyl (C=O) groups is 1. The minimum Gasteiger partial charge on any atom is -0.504 e. The number of hydrogen-bond donors (Lipinski definition) is 4. The number of nitrogens with one attached hydrogen (secondary N) is 1. The van der Waals surface area contributed by atoms with Gasteiger partial charge in [-0.1, -0.05) is 13.8 Å². The topological polar surface area (TPSA) is 89.8 Å². The molecule has 0 heterocycles. The smallest absolute Gasteiger partial charge is 0.251 e. The van der Waals surface area contributed by atoms with Crippen LogP contribution >= 0.6 is 0 Å². The third kappa shape index (κ3) is 2.92. The molecule has 1 amide bonds. The number of rotatable bonds is 2. The fraction of sp³-hybridized carbons (Fsp3) is 0.500. The maximum absolute atomic E-state index is 12.0. The zero-order valence-electron chi connectivity index (χ0n) is 11.1. The van der Waals surface area contributed by atoms with Crippen LogP contribution in [0.5, 0.6) is 17.2 Å². The van der Waals surface area contributed by atoms with E-state index in [0.29, 0.717) is 0 Å². The third-order valence-electron chi connectivity index (χ3n) is 3.64. The monoisotopic (exact) mass is 265 g/mol. The summed E-state index contributed by atoms with van der Waals surface area (Å²) in [7, 11) is 0. The lowest BCUT2D eigenvalue weighted by atomic mass is 9.92. The van der Waals surface area contributed by atoms with Crippen molar-refractivity contribution in [3.05, 3.63) is 17.7 Å². The predicted octanol–water partition coefficient (Wildman–Crippen LogP) is 2.11. The van der Waals surface area contributed by atoms with E-state index in [-0.39, 0.29) is 22.9 Å². The van der Waals surface area contributed by atoms with Crippen molar-refractivity contribution in [2.24, 2.45) is 5.41 Å². The van der Waals surface area contributed by atoms with Gasteiger partial charge in [0, 0.05) is 11.6 Å². The van der Waals surface area contributed by atoms with Crippen LogP contribution in [0.25, 0.3) is 0 Å². The fourth-order valence-corrected chi connectivity index (χ4v) is 2.56. The van der Waals surface area contributed by atoms with Gasteiger partial charge in [0.1, 0.15) is 0 Å². The molecular weight excluding hydrogens is 246 g/mol. The molecular formula is C14H19NO4. The van der Waals surface area contributed by atoms with Crippen molar-refractivity contribution in [1.82, 2.24) is 5.32 Å². The Labute approximate surface area is 111 Å². The van der Waals surface area contributed by atoms with Crippen molar-refractivity contribution in [3.63, 3.8) is 0 Å². The molecule has 0 spiro atoms.